The third-order valence-electron chi connectivity index (χ3n) is 1.92. The van der Waals surface area contributed by atoms with Gasteiger partial charge in [-0.05, 0) is 25.8 Å². The molecule has 1 fully saturated rings. The molecule has 2 atom stereocenters. The Balaban J connectivity index is 2.22. The Morgan fingerprint density at radius 2 is 2.33 bits per heavy atom. The lowest BCUT2D eigenvalue weighted by Crippen LogP contribution is -2.28. The van der Waals surface area contributed by atoms with Gasteiger partial charge in [-0.3, -0.25) is 0 Å². The monoisotopic (exact) mass is 170 g/mol. The Morgan fingerprint density at radius 1 is 1.50 bits per heavy atom. The van der Waals surface area contributed by atoms with E-state index in [9.17, 15) is 0 Å². The molecule has 1 saturated heterocycles. The lowest BCUT2D eigenvalue weighted by Gasteiger charge is -2.25. The molecule has 0 spiro atoms. The molecule has 2 unspecified atom stereocenters. The van der Waals surface area contributed by atoms with E-state index in [1.165, 1.54) is 6.42 Å². The van der Waals surface area contributed by atoms with Crippen molar-refractivity contribution in [3.63, 3.8) is 0 Å². The van der Waals surface area contributed by atoms with Gasteiger partial charge in [-0.2, -0.15) is 0 Å². The highest BCUT2D eigenvalue weighted by Gasteiger charge is 2.16. The summed E-state index contributed by atoms with van der Waals surface area (Å²) in [6, 6.07) is 0. The highest BCUT2D eigenvalue weighted by atomic mass is 16.7. The molecule has 70 valence electrons. The summed E-state index contributed by atoms with van der Waals surface area (Å²) < 4.78 is 10.9. The molecular weight excluding hydrogens is 152 g/mol. The Kier molecular flexibility index (Phi) is 4.33. The van der Waals surface area contributed by atoms with Crippen molar-refractivity contribution >= 4 is 0 Å². The van der Waals surface area contributed by atoms with Crippen molar-refractivity contribution in [3.05, 3.63) is 12.2 Å². The van der Waals surface area contributed by atoms with E-state index in [4.69, 9.17) is 9.47 Å². The van der Waals surface area contributed by atoms with Crippen LogP contribution in [-0.2, 0) is 9.47 Å². The van der Waals surface area contributed by atoms with E-state index in [1.54, 1.807) is 0 Å². The van der Waals surface area contributed by atoms with E-state index in [0.29, 0.717) is 6.10 Å². The van der Waals surface area contributed by atoms with Crippen LogP contribution in [0.2, 0.25) is 0 Å². The lowest BCUT2D eigenvalue weighted by molar-refractivity contribution is -0.181. The van der Waals surface area contributed by atoms with E-state index >= 15 is 0 Å². The van der Waals surface area contributed by atoms with Gasteiger partial charge in [0, 0.05) is 0 Å². The van der Waals surface area contributed by atoms with Gasteiger partial charge in [0.2, 0.25) is 0 Å². The summed E-state index contributed by atoms with van der Waals surface area (Å²) in [5, 5.41) is 0. The molecule has 0 N–H and O–H groups in total. The summed E-state index contributed by atoms with van der Waals surface area (Å²) in [6.07, 6.45) is 7.69. The molecule has 0 aromatic carbocycles. The van der Waals surface area contributed by atoms with Crippen molar-refractivity contribution in [2.45, 2.75) is 45.5 Å². The van der Waals surface area contributed by atoms with Crippen molar-refractivity contribution in [2.24, 2.45) is 0 Å². The van der Waals surface area contributed by atoms with Gasteiger partial charge in [0.25, 0.3) is 0 Å². The minimum absolute atomic E-state index is 0.0969. The number of hydrogen-bond acceptors (Lipinski definition) is 2. The van der Waals surface area contributed by atoms with Crippen LogP contribution in [0.4, 0.5) is 0 Å². The Labute approximate surface area is 74.6 Å². The molecule has 0 amide bonds. The van der Waals surface area contributed by atoms with Crippen LogP contribution in [0.1, 0.15) is 33.1 Å². The molecule has 0 aromatic heterocycles. The molecular formula is C10H18O2. The van der Waals surface area contributed by atoms with Gasteiger partial charge in [-0.1, -0.05) is 19.4 Å². The van der Waals surface area contributed by atoms with Gasteiger partial charge in [0.05, 0.1) is 12.7 Å². The van der Waals surface area contributed by atoms with E-state index in [-0.39, 0.29) is 6.29 Å². The molecule has 12 heavy (non-hydrogen) atoms. The molecule has 0 aromatic rings. The topological polar surface area (TPSA) is 18.5 Å². The summed E-state index contributed by atoms with van der Waals surface area (Å²) in [6.45, 7) is 5.07. The zero-order valence-corrected chi connectivity index (χ0v) is 7.95. The van der Waals surface area contributed by atoms with E-state index in [0.717, 1.165) is 19.4 Å². The van der Waals surface area contributed by atoms with Crippen LogP contribution in [0, 0.1) is 0 Å². The van der Waals surface area contributed by atoms with Gasteiger partial charge < -0.3 is 9.47 Å². The predicted octanol–water partition coefficient (Wildman–Crippen LogP) is 2.49. The molecule has 0 bridgehead atoms. The molecule has 2 nitrogen and oxygen atoms in total. The number of ether oxygens (including phenoxy) is 2. The van der Waals surface area contributed by atoms with Crippen LogP contribution >= 0.6 is 0 Å². The van der Waals surface area contributed by atoms with Crippen LogP contribution in [0.5, 0.6) is 0 Å². The normalized spacial score (nSPS) is 31.2. The van der Waals surface area contributed by atoms with Gasteiger partial charge >= 0.3 is 0 Å². The summed E-state index contributed by atoms with van der Waals surface area (Å²) in [4.78, 5) is 0. The van der Waals surface area contributed by atoms with Gasteiger partial charge in [0.15, 0.2) is 6.29 Å². The van der Waals surface area contributed by atoms with Crippen LogP contribution < -0.4 is 0 Å². The first-order chi connectivity index (χ1) is 5.83. The quantitative estimate of drug-likeness (QED) is 0.606. The van der Waals surface area contributed by atoms with Crippen LogP contribution in [0.15, 0.2) is 12.2 Å². The second kappa shape index (κ2) is 5.33. The van der Waals surface area contributed by atoms with E-state index < -0.39 is 0 Å². The highest BCUT2D eigenvalue weighted by Crippen LogP contribution is 2.12. The molecule has 0 aliphatic carbocycles. The van der Waals surface area contributed by atoms with Crippen LogP contribution in [0.3, 0.4) is 0 Å². The fourth-order valence-corrected chi connectivity index (χ4v) is 1.16. The maximum Gasteiger partial charge on any atom is 0.177 e. The average molecular weight is 170 g/mol. The van der Waals surface area contributed by atoms with Gasteiger partial charge in [-0.15, -0.1) is 0 Å². The molecule has 0 radical (unpaired) electrons. The zero-order valence-electron chi connectivity index (χ0n) is 7.95. The van der Waals surface area contributed by atoms with Crippen molar-refractivity contribution in [2.75, 3.05) is 6.61 Å². The minimum Gasteiger partial charge on any atom is -0.349 e. The van der Waals surface area contributed by atoms with Gasteiger partial charge in [0.1, 0.15) is 0 Å². The third kappa shape index (κ3) is 3.37. The first kappa shape index (κ1) is 9.75. The largest absolute Gasteiger partial charge is 0.349 e. The molecule has 1 aliphatic heterocycles. The summed E-state index contributed by atoms with van der Waals surface area (Å²) >= 11 is 0. The molecule has 1 aliphatic rings. The number of rotatable bonds is 3. The molecule has 1 heterocycles. The first-order valence-corrected chi connectivity index (χ1v) is 4.76. The summed E-state index contributed by atoms with van der Waals surface area (Å²) in [7, 11) is 0. The highest BCUT2D eigenvalue weighted by molar-refractivity contribution is 4.86. The van der Waals surface area contributed by atoms with E-state index in [1.807, 2.05) is 6.08 Å². The predicted molar refractivity (Wildman–Crippen MR) is 49.0 cm³/mol. The number of unbranched alkanes of at least 4 members (excludes halogenated alkanes) is 1. The molecule has 0 saturated carbocycles. The second-order valence-corrected chi connectivity index (χ2v) is 3.19. The summed E-state index contributed by atoms with van der Waals surface area (Å²) in [5.74, 6) is 0. The molecule has 2 heteroatoms. The SMILES string of the molecule is CCC/C=C/C1OCCC(C)O1. The standard InChI is InChI=1S/C10H18O2/c1-3-4-5-6-10-11-8-7-9(2)12-10/h5-6,9-10H,3-4,7-8H2,1-2H3/b6-5+. The lowest BCUT2D eigenvalue weighted by atomic mass is 10.2. The van der Waals surface area contributed by atoms with Crippen molar-refractivity contribution in [3.8, 4) is 0 Å². The maximum atomic E-state index is 5.52. The van der Waals surface area contributed by atoms with Crippen molar-refractivity contribution < 1.29 is 9.47 Å². The number of hydrogen-bond donors (Lipinski definition) is 0. The number of allylic oxidation sites excluding steroid dienone is 1. The van der Waals surface area contributed by atoms with Crippen molar-refractivity contribution in [1.29, 1.82) is 0 Å². The summed E-state index contributed by atoms with van der Waals surface area (Å²) in [5.41, 5.74) is 0. The van der Waals surface area contributed by atoms with Crippen LogP contribution in [-0.4, -0.2) is 19.0 Å². The van der Waals surface area contributed by atoms with Gasteiger partial charge in [-0.25, -0.2) is 0 Å². The third-order valence-corrected chi connectivity index (χ3v) is 1.92. The minimum atomic E-state index is -0.0969. The van der Waals surface area contributed by atoms with E-state index in [2.05, 4.69) is 19.9 Å². The first-order valence-electron chi connectivity index (χ1n) is 4.76. The fourth-order valence-electron chi connectivity index (χ4n) is 1.16. The Bertz CT molecular complexity index is 143. The van der Waals surface area contributed by atoms with Crippen molar-refractivity contribution in [1.82, 2.24) is 0 Å². The molecule has 1 rings (SSSR count). The zero-order chi connectivity index (χ0) is 8.81. The average Bonchev–Trinajstić information content (AvgIpc) is 2.05. The maximum absolute atomic E-state index is 5.52. The fraction of sp³-hybridized carbons (Fsp3) is 0.800. The smallest absolute Gasteiger partial charge is 0.177 e. The Morgan fingerprint density at radius 3 is 3.00 bits per heavy atom. The van der Waals surface area contributed by atoms with Crippen LogP contribution in [0.25, 0.3) is 0 Å². The Hall–Kier alpha value is -0.340. The second-order valence-electron chi connectivity index (χ2n) is 3.19.